The number of nitrogens with zero attached hydrogens (tertiary/aromatic N) is 4. The van der Waals surface area contributed by atoms with Crippen molar-refractivity contribution in [3.63, 3.8) is 0 Å². The molecule has 3 aromatic rings. The van der Waals surface area contributed by atoms with Crippen LogP contribution in [0.3, 0.4) is 0 Å². The van der Waals surface area contributed by atoms with Crippen LogP contribution < -0.4 is 15.5 Å². The molecule has 0 spiro atoms. The molecular formula is C28H36N6OS. The Balaban J connectivity index is 1.14. The molecular weight excluding hydrogens is 468 g/mol. The summed E-state index contributed by atoms with van der Waals surface area (Å²) < 4.78 is 0. The van der Waals surface area contributed by atoms with Gasteiger partial charge in [0.15, 0.2) is 0 Å². The second-order valence-electron chi connectivity index (χ2n) is 10.2. The van der Waals surface area contributed by atoms with E-state index >= 15 is 0 Å². The third kappa shape index (κ3) is 5.69. The smallest absolute Gasteiger partial charge is 0.226 e. The molecule has 8 heteroatoms. The largest absolute Gasteiger partial charge is 0.362 e. The lowest BCUT2D eigenvalue weighted by atomic mass is 9.91. The monoisotopic (exact) mass is 504 g/mol. The van der Waals surface area contributed by atoms with Gasteiger partial charge in [0.2, 0.25) is 11.9 Å². The molecule has 2 aliphatic carbocycles. The van der Waals surface area contributed by atoms with Crippen molar-refractivity contribution in [1.29, 1.82) is 0 Å². The highest BCUT2D eigenvalue weighted by Gasteiger charge is 2.25. The average molecular weight is 505 g/mol. The molecule has 2 N–H and O–H groups in total. The minimum absolute atomic E-state index is 0.0630. The fourth-order valence-corrected chi connectivity index (χ4v) is 6.24. The maximum absolute atomic E-state index is 12.8. The Labute approximate surface area is 217 Å². The number of aromatic nitrogens is 3. The molecule has 1 fully saturated rings. The summed E-state index contributed by atoms with van der Waals surface area (Å²) in [6, 6.07) is 10.7. The molecule has 1 aromatic carbocycles. The zero-order valence-electron chi connectivity index (χ0n) is 21.5. The zero-order valence-corrected chi connectivity index (χ0v) is 22.3. The fraction of sp³-hybridized carbons (Fsp3) is 0.500. The Bertz CT molecular complexity index is 1200. The number of thiazole rings is 1. The van der Waals surface area contributed by atoms with Crippen LogP contribution in [0, 0.1) is 6.92 Å². The zero-order chi connectivity index (χ0) is 25.1. The van der Waals surface area contributed by atoms with Crippen molar-refractivity contribution in [2.45, 2.75) is 76.8 Å². The number of amides is 1. The van der Waals surface area contributed by atoms with Gasteiger partial charge in [0.25, 0.3) is 0 Å². The van der Waals surface area contributed by atoms with Gasteiger partial charge >= 0.3 is 0 Å². The third-order valence-electron chi connectivity index (χ3n) is 7.25. The van der Waals surface area contributed by atoms with Gasteiger partial charge < -0.3 is 15.5 Å². The number of anilines is 2. The number of benzene rings is 1. The molecule has 7 nitrogen and oxygen atoms in total. The molecule has 0 saturated heterocycles. The van der Waals surface area contributed by atoms with Crippen molar-refractivity contribution in [3.8, 4) is 10.6 Å². The Kier molecular flexibility index (Phi) is 7.51. The first-order valence-electron chi connectivity index (χ1n) is 13.1. The Morgan fingerprint density at radius 1 is 1.00 bits per heavy atom. The van der Waals surface area contributed by atoms with Crippen molar-refractivity contribution in [1.82, 2.24) is 20.3 Å². The van der Waals surface area contributed by atoms with Crippen molar-refractivity contribution in [3.05, 3.63) is 52.2 Å². The van der Waals surface area contributed by atoms with E-state index in [4.69, 9.17) is 15.0 Å². The highest BCUT2D eigenvalue weighted by Crippen LogP contribution is 2.30. The van der Waals surface area contributed by atoms with E-state index in [9.17, 15) is 4.79 Å². The standard InChI is InChI=1S/C28H36N6OS/c1-18-24(31-27(36-18)19-9-5-4-6-10-19)17-25(35)29-20-13-15-21(16-14-20)30-28-32-23-12-8-7-11-22(23)26(33-28)34(2)3/h4-6,9-10,20-21H,7-8,11-17H2,1-3H3,(H,29,35)(H,30,32,33)/t20-,21+. The van der Waals surface area contributed by atoms with Crippen LogP contribution in [0.15, 0.2) is 30.3 Å². The van der Waals surface area contributed by atoms with Crippen LogP contribution in [0.2, 0.25) is 0 Å². The van der Waals surface area contributed by atoms with E-state index in [0.29, 0.717) is 12.5 Å². The van der Waals surface area contributed by atoms with Gasteiger partial charge in [-0.25, -0.2) is 9.97 Å². The average Bonchev–Trinajstić information content (AvgIpc) is 3.25. The van der Waals surface area contributed by atoms with E-state index < -0.39 is 0 Å². The lowest BCUT2D eigenvalue weighted by molar-refractivity contribution is -0.121. The van der Waals surface area contributed by atoms with Crippen LogP contribution in [-0.2, 0) is 24.1 Å². The number of fused-ring (bicyclic) bond motifs is 1. The first kappa shape index (κ1) is 24.7. The summed E-state index contributed by atoms with van der Waals surface area (Å²) in [5, 5.41) is 7.82. The molecule has 2 aromatic heterocycles. The van der Waals surface area contributed by atoms with E-state index in [1.165, 1.54) is 24.1 Å². The molecule has 1 saturated carbocycles. The minimum Gasteiger partial charge on any atom is -0.362 e. The van der Waals surface area contributed by atoms with Gasteiger partial charge in [0.05, 0.1) is 17.8 Å². The van der Waals surface area contributed by atoms with Crippen molar-refractivity contribution in [2.24, 2.45) is 0 Å². The molecule has 36 heavy (non-hydrogen) atoms. The van der Waals surface area contributed by atoms with Gasteiger partial charge in [-0.05, 0) is 58.3 Å². The number of nitrogens with one attached hydrogen (secondary N) is 2. The Morgan fingerprint density at radius 2 is 1.72 bits per heavy atom. The summed E-state index contributed by atoms with van der Waals surface area (Å²) in [6.07, 6.45) is 8.78. The summed E-state index contributed by atoms with van der Waals surface area (Å²) in [7, 11) is 4.12. The first-order valence-corrected chi connectivity index (χ1v) is 13.9. The molecule has 0 unspecified atom stereocenters. The first-order chi connectivity index (χ1) is 17.5. The highest BCUT2D eigenvalue weighted by molar-refractivity contribution is 7.15. The van der Waals surface area contributed by atoms with Crippen LogP contribution in [0.5, 0.6) is 0 Å². The molecule has 5 rings (SSSR count). The summed E-state index contributed by atoms with van der Waals surface area (Å²) in [5.41, 5.74) is 4.50. The van der Waals surface area contributed by atoms with Gasteiger partial charge in [0, 0.05) is 42.2 Å². The Morgan fingerprint density at radius 3 is 2.47 bits per heavy atom. The number of rotatable bonds is 7. The quantitative estimate of drug-likeness (QED) is 0.475. The SMILES string of the molecule is Cc1sc(-c2ccccc2)nc1CC(=O)N[C@H]1CC[C@@H](Nc2nc3c(c(N(C)C)n2)CCCC3)CC1. The number of carbonyl (C=O) groups is 1. The van der Waals surface area contributed by atoms with E-state index in [1.807, 2.05) is 25.1 Å². The maximum Gasteiger partial charge on any atom is 0.226 e. The summed E-state index contributed by atoms with van der Waals surface area (Å²) in [5.74, 6) is 1.86. The number of hydrogen-bond acceptors (Lipinski definition) is 7. The lowest BCUT2D eigenvalue weighted by Gasteiger charge is -2.30. The predicted molar refractivity (Wildman–Crippen MR) is 147 cm³/mol. The fourth-order valence-electron chi connectivity index (χ4n) is 5.30. The van der Waals surface area contributed by atoms with E-state index in [-0.39, 0.29) is 11.9 Å². The number of hydrogen-bond donors (Lipinski definition) is 2. The van der Waals surface area contributed by atoms with Crippen LogP contribution in [0.1, 0.15) is 60.4 Å². The van der Waals surface area contributed by atoms with Crippen LogP contribution >= 0.6 is 11.3 Å². The van der Waals surface area contributed by atoms with Gasteiger partial charge in [0.1, 0.15) is 10.8 Å². The topological polar surface area (TPSA) is 83.0 Å². The normalized spacial score (nSPS) is 19.4. The molecule has 2 heterocycles. The molecule has 190 valence electrons. The van der Waals surface area contributed by atoms with Crippen molar-refractivity contribution >= 4 is 29.0 Å². The molecule has 2 aliphatic rings. The van der Waals surface area contributed by atoms with E-state index in [2.05, 4.69) is 41.8 Å². The summed E-state index contributed by atoms with van der Waals surface area (Å²) in [6.45, 7) is 2.05. The molecule has 1 amide bonds. The Hall–Kier alpha value is -3.00. The minimum atomic E-state index is 0.0630. The molecule has 0 aliphatic heterocycles. The van der Waals surface area contributed by atoms with Gasteiger partial charge in [-0.3, -0.25) is 4.79 Å². The summed E-state index contributed by atoms with van der Waals surface area (Å²) >= 11 is 1.65. The number of aryl methyl sites for hydroxylation is 2. The molecule has 0 radical (unpaired) electrons. The van der Waals surface area contributed by atoms with Gasteiger partial charge in [-0.1, -0.05) is 30.3 Å². The van der Waals surface area contributed by atoms with Gasteiger partial charge in [-0.2, -0.15) is 4.98 Å². The predicted octanol–water partition coefficient (Wildman–Crippen LogP) is 4.94. The third-order valence-corrected chi connectivity index (χ3v) is 8.31. The van der Waals surface area contributed by atoms with E-state index in [1.54, 1.807) is 11.3 Å². The van der Waals surface area contributed by atoms with Crippen molar-refractivity contribution in [2.75, 3.05) is 24.3 Å². The van der Waals surface area contributed by atoms with E-state index in [0.717, 1.165) is 71.4 Å². The summed E-state index contributed by atoms with van der Waals surface area (Å²) in [4.78, 5) is 30.5. The van der Waals surface area contributed by atoms with Gasteiger partial charge in [-0.15, -0.1) is 11.3 Å². The highest BCUT2D eigenvalue weighted by atomic mass is 32.1. The van der Waals surface area contributed by atoms with Crippen LogP contribution in [0.25, 0.3) is 10.6 Å². The van der Waals surface area contributed by atoms with Crippen molar-refractivity contribution < 1.29 is 4.79 Å². The van der Waals surface area contributed by atoms with Crippen LogP contribution in [-0.4, -0.2) is 47.0 Å². The maximum atomic E-state index is 12.8. The second kappa shape index (κ2) is 10.9. The van der Waals surface area contributed by atoms with Crippen LogP contribution in [0.4, 0.5) is 11.8 Å². The molecule has 0 atom stereocenters. The lowest BCUT2D eigenvalue weighted by Crippen LogP contribution is -2.41. The second-order valence-corrected chi connectivity index (χ2v) is 11.4. The molecule has 0 bridgehead atoms. The number of carbonyl (C=O) groups excluding carboxylic acids is 1.